The number of hydrogen-bond donors (Lipinski definition) is 2. The monoisotopic (exact) mass is 514 g/mol. The number of aromatic nitrogens is 4. The van der Waals surface area contributed by atoms with Crippen LogP contribution in [0.1, 0.15) is 29.8 Å². The summed E-state index contributed by atoms with van der Waals surface area (Å²) in [6, 6.07) is 12.6. The Bertz CT molecular complexity index is 1530. The molecule has 38 heavy (non-hydrogen) atoms. The van der Waals surface area contributed by atoms with Gasteiger partial charge in [0.25, 0.3) is 5.91 Å². The van der Waals surface area contributed by atoms with E-state index in [1.807, 2.05) is 35.2 Å². The molecule has 0 atom stereocenters. The Morgan fingerprint density at radius 3 is 2.68 bits per heavy atom. The Morgan fingerprint density at radius 1 is 1.13 bits per heavy atom. The average molecular weight is 515 g/mol. The van der Waals surface area contributed by atoms with Crippen molar-refractivity contribution < 1.29 is 19.4 Å². The number of nitrogens with zero attached hydrogens (tertiary/aromatic N) is 5. The molecular weight excluding hydrogens is 484 g/mol. The van der Waals surface area contributed by atoms with Crippen molar-refractivity contribution in [2.75, 3.05) is 26.3 Å². The smallest absolute Gasteiger partial charge is 0.280 e. The van der Waals surface area contributed by atoms with Crippen molar-refractivity contribution in [3.8, 4) is 11.3 Å². The molecule has 5 rings (SSSR count). The highest BCUT2D eigenvalue weighted by atomic mass is 16.5. The van der Waals surface area contributed by atoms with Crippen LogP contribution in [0.25, 0.3) is 22.3 Å². The van der Waals surface area contributed by atoms with Crippen LogP contribution in [0.5, 0.6) is 0 Å². The van der Waals surface area contributed by atoms with E-state index >= 15 is 0 Å². The average Bonchev–Trinajstić information content (AvgIpc) is 3.24. The Hall–Kier alpha value is -4.15. The molecular formula is C28H30N6O4. The second kappa shape index (κ2) is 10.7. The topological polar surface area (TPSA) is 126 Å². The number of aliphatic hydroxyl groups is 1. The number of ether oxygens (including phenoxy) is 1. The maximum atomic E-state index is 13.2. The molecule has 0 spiro atoms. The van der Waals surface area contributed by atoms with Gasteiger partial charge in [0.15, 0.2) is 0 Å². The molecule has 1 aliphatic heterocycles. The minimum atomic E-state index is -1.05. The van der Waals surface area contributed by atoms with E-state index < -0.39 is 11.5 Å². The number of benzene rings is 1. The van der Waals surface area contributed by atoms with Gasteiger partial charge in [-0.3, -0.25) is 19.6 Å². The minimum Gasteiger partial charge on any atom is -0.389 e. The van der Waals surface area contributed by atoms with Crippen molar-refractivity contribution in [2.45, 2.75) is 32.4 Å². The summed E-state index contributed by atoms with van der Waals surface area (Å²) in [6.45, 7) is 5.90. The zero-order valence-corrected chi connectivity index (χ0v) is 21.4. The molecule has 10 nitrogen and oxygen atoms in total. The van der Waals surface area contributed by atoms with Gasteiger partial charge in [0.1, 0.15) is 0 Å². The number of aromatic amines is 1. The molecule has 1 aliphatic rings. The van der Waals surface area contributed by atoms with Gasteiger partial charge < -0.3 is 24.3 Å². The summed E-state index contributed by atoms with van der Waals surface area (Å²) in [5.41, 5.74) is 3.39. The summed E-state index contributed by atoms with van der Waals surface area (Å²) < 4.78 is 7.12. The molecule has 1 saturated heterocycles. The van der Waals surface area contributed by atoms with Gasteiger partial charge in [-0.15, -0.1) is 0 Å². The third-order valence-corrected chi connectivity index (χ3v) is 6.29. The SMILES string of the molecule is CC(C)(O)Cn1/c(=N/C(=O)c2ccnc(-c3cccnc3)c2)[nH]c2cc(CC(=O)N3CCOCC3)ccc21. The number of carbonyl (C=O) groups excluding carboxylic acids is 2. The minimum absolute atomic E-state index is 0.0470. The molecule has 0 radical (unpaired) electrons. The van der Waals surface area contributed by atoms with E-state index in [-0.39, 0.29) is 18.9 Å². The van der Waals surface area contributed by atoms with E-state index in [2.05, 4.69) is 19.9 Å². The molecule has 1 fully saturated rings. The summed E-state index contributed by atoms with van der Waals surface area (Å²) >= 11 is 0. The van der Waals surface area contributed by atoms with Gasteiger partial charge in [0.05, 0.1) is 48.5 Å². The van der Waals surface area contributed by atoms with Crippen molar-refractivity contribution in [1.29, 1.82) is 0 Å². The second-order valence-electron chi connectivity index (χ2n) is 9.96. The van der Waals surface area contributed by atoms with Crippen LogP contribution < -0.4 is 5.62 Å². The Kier molecular flexibility index (Phi) is 7.17. The predicted molar refractivity (Wildman–Crippen MR) is 141 cm³/mol. The van der Waals surface area contributed by atoms with Crippen molar-refractivity contribution in [1.82, 2.24) is 24.4 Å². The summed E-state index contributed by atoms with van der Waals surface area (Å²) in [6.07, 6.45) is 5.19. The Morgan fingerprint density at radius 2 is 1.95 bits per heavy atom. The maximum absolute atomic E-state index is 13.2. The highest BCUT2D eigenvalue weighted by Crippen LogP contribution is 2.19. The van der Waals surface area contributed by atoms with Crippen LogP contribution in [0.3, 0.4) is 0 Å². The number of imidazole rings is 1. The third kappa shape index (κ3) is 5.87. The first-order chi connectivity index (χ1) is 18.3. The molecule has 4 heterocycles. The first-order valence-electron chi connectivity index (χ1n) is 12.5. The number of H-pyrrole nitrogens is 1. The predicted octanol–water partition coefficient (Wildman–Crippen LogP) is 2.34. The van der Waals surface area contributed by atoms with Gasteiger partial charge in [-0.05, 0) is 55.8 Å². The maximum Gasteiger partial charge on any atom is 0.280 e. The Balaban J connectivity index is 1.49. The summed E-state index contributed by atoms with van der Waals surface area (Å²) in [4.78, 5) is 43.8. The number of carbonyl (C=O) groups is 2. The van der Waals surface area contributed by atoms with Crippen LogP contribution in [0.15, 0.2) is 66.0 Å². The summed E-state index contributed by atoms with van der Waals surface area (Å²) in [7, 11) is 0. The number of fused-ring (bicyclic) bond motifs is 1. The van der Waals surface area contributed by atoms with Crippen LogP contribution in [0.4, 0.5) is 0 Å². The van der Waals surface area contributed by atoms with E-state index in [0.717, 1.165) is 22.2 Å². The Labute approximate surface area is 219 Å². The zero-order valence-electron chi connectivity index (χ0n) is 21.4. The van der Waals surface area contributed by atoms with E-state index in [0.29, 0.717) is 43.2 Å². The normalized spacial score (nSPS) is 14.7. The van der Waals surface area contributed by atoms with Crippen LogP contribution >= 0.6 is 0 Å². The van der Waals surface area contributed by atoms with Crippen LogP contribution in [-0.2, 0) is 22.5 Å². The molecule has 0 unspecified atom stereocenters. The van der Waals surface area contributed by atoms with Crippen LogP contribution in [0.2, 0.25) is 0 Å². The van der Waals surface area contributed by atoms with Gasteiger partial charge >= 0.3 is 0 Å². The van der Waals surface area contributed by atoms with E-state index in [1.165, 1.54) is 0 Å². The van der Waals surface area contributed by atoms with Gasteiger partial charge in [-0.2, -0.15) is 4.99 Å². The number of hydrogen-bond acceptors (Lipinski definition) is 6. The van der Waals surface area contributed by atoms with Crippen molar-refractivity contribution in [3.05, 3.63) is 77.8 Å². The lowest BCUT2D eigenvalue weighted by Crippen LogP contribution is -2.41. The lowest BCUT2D eigenvalue weighted by atomic mass is 10.1. The molecule has 1 aromatic carbocycles. The fraction of sp³-hybridized carbons (Fsp3) is 0.321. The number of nitrogens with one attached hydrogen (secondary N) is 1. The van der Waals surface area contributed by atoms with Crippen LogP contribution in [-0.4, -0.2) is 73.2 Å². The molecule has 10 heteroatoms. The number of pyridine rings is 2. The lowest BCUT2D eigenvalue weighted by molar-refractivity contribution is -0.134. The number of amides is 2. The van der Waals surface area contributed by atoms with Gasteiger partial charge in [-0.1, -0.05) is 6.07 Å². The molecule has 3 aromatic heterocycles. The van der Waals surface area contributed by atoms with Gasteiger partial charge in [0.2, 0.25) is 11.5 Å². The van der Waals surface area contributed by atoms with Crippen molar-refractivity contribution >= 4 is 22.8 Å². The standard InChI is InChI=1S/C28H30N6O4/c1-28(2,37)18-34-24-6-5-19(15-25(35)33-10-12-38-13-11-33)14-23(24)31-27(34)32-26(36)20-7-9-30-22(16-20)21-4-3-8-29-17-21/h3-9,14,16-17,37H,10-13,15,18H2,1-2H3,(H,31,32,36). The zero-order chi connectivity index (χ0) is 26.7. The fourth-order valence-electron chi connectivity index (χ4n) is 4.46. The highest BCUT2D eigenvalue weighted by Gasteiger charge is 2.20. The van der Waals surface area contributed by atoms with E-state index in [4.69, 9.17) is 4.74 Å². The summed E-state index contributed by atoms with van der Waals surface area (Å²) in [5, 5.41) is 10.6. The molecule has 0 bridgehead atoms. The van der Waals surface area contributed by atoms with Crippen LogP contribution in [0, 0.1) is 0 Å². The summed E-state index contributed by atoms with van der Waals surface area (Å²) in [5.74, 6) is -0.401. The molecule has 0 saturated carbocycles. The molecule has 196 valence electrons. The second-order valence-corrected chi connectivity index (χ2v) is 9.96. The molecule has 0 aliphatic carbocycles. The first-order valence-corrected chi connectivity index (χ1v) is 12.5. The van der Waals surface area contributed by atoms with Crippen molar-refractivity contribution in [3.63, 3.8) is 0 Å². The van der Waals surface area contributed by atoms with Gasteiger partial charge in [-0.25, -0.2) is 0 Å². The fourth-order valence-corrected chi connectivity index (χ4v) is 4.46. The third-order valence-electron chi connectivity index (χ3n) is 6.29. The number of morpholine rings is 1. The molecule has 4 aromatic rings. The molecule has 2 N–H and O–H groups in total. The van der Waals surface area contributed by atoms with Crippen molar-refractivity contribution in [2.24, 2.45) is 4.99 Å². The van der Waals surface area contributed by atoms with E-state index in [9.17, 15) is 14.7 Å². The quantitative estimate of drug-likeness (QED) is 0.407. The van der Waals surface area contributed by atoms with Gasteiger partial charge in [0, 0.05) is 42.8 Å². The van der Waals surface area contributed by atoms with E-state index in [1.54, 1.807) is 49.1 Å². The molecule has 2 amide bonds. The highest BCUT2D eigenvalue weighted by molar-refractivity contribution is 5.95. The largest absolute Gasteiger partial charge is 0.389 e. The lowest BCUT2D eigenvalue weighted by Gasteiger charge is -2.26. The number of rotatable bonds is 6. The first kappa shape index (κ1) is 25.5.